The molecule has 7 heteroatoms. The van der Waals surface area contributed by atoms with Gasteiger partial charge in [-0.05, 0) is 119 Å². The third kappa shape index (κ3) is 9.21. The average molecular weight is 703 g/mol. The van der Waals surface area contributed by atoms with Crippen molar-refractivity contribution in [1.29, 1.82) is 0 Å². The van der Waals surface area contributed by atoms with Crippen molar-refractivity contribution in [2.24, 2.45) is 28.1 Å². The summed E-state index contributed by atoms with van der Waals surface area (Å²) >= 11 is 0. The highest BCUT2D eigenvalue weighted by Gasteiger charge is 2.63. The number of hydrogen-bond donors (Lipinski definition) is 1. The van der Waals surface area contributed by atoms with Crippen molar-refractivity contribution in [3.05, 3.63) is 82.5 Å². The number of allylic oxidation sites excluding steroid dienone is 6. The van der Waals surface area contributed by atoms with Crippen molar-refractivity contribution in [2.45, 2.75) is 120 Å². The molecule has 1 aromatic rings. The van der Waals surface area contributed by atoms with Crippen molar-refractivity contribution in [2.75, 3.05) is 13.7 Å². The molecule has 7 atom stereocenters. The van der Waals surface area contributed by atoms with E-state index in [-0.39, 0.29) is 17.1 Å². The lowest BCUT2D eigenvalue weighted by Crippen LogP contribution is -2.56. The summed E-state index contributed by atoms with van der Waals surface area (Å²) in [7, 11) is 1.68. The number of esters is 2. The van der Waals surface area contributed by atoms with Gasteiger partial charge in [0.2, 0.25) is 0 Å². The molecule has 280 valence electrons. The lowest BCUT2D eigenvalue weighted by Gasteiger charge is -2.56. The molecule has 1 N–H and O–H groups in total. The van der Waals surface area contributed by atoms with Gasteiger partial charge in [-0.25, -0.2) is 9.59 Å². The van der Waals surface area contributed by atoms with Gasteiger partial charge in [0, 0.05) is 29.2 Å². The lowest BCUT2D eigenvalue weighted by molar-refractivity contribution is -0.182. The number of fused-ring (bicyclic) bond motifs is 1. The van der Waals surface area contributed by atoms with Crippen molar-refractivity contribution in [1.82, 2.24) is 0 Å². The van der Waals surface area contributed by atoms with Crippen LogP contribution in [-0.4, -0.2) is 48.8 Å². The van der Waals surface area contributed by atoms with Crippen LogP contribution in [0.5, 0.6) is 5.75 Å². The Hall–Kier alpha value is -3.71. The Balaban J connectivity index is 1.70. The average Bonchev–Trinajstić information content (AvgIpc) is 3.45. The van der Waals surface area contributed by atoms with E-state index in [1.54, 1.807) is 33.1 Å². The number of carbonyl (C=O) groups is 3. The minimum Gasteiger partial charge on any atom is -0.496 e. The van der Waals surface area contributed by atoms with E-state index >= 15 is 0 Å². The largest absolute Gasteiger partial charge is 0.496 e. The SMILES string of the molecule is C=C[C@](C)(C[C@@H](OC(=O)COC(=O)/C=C(C)/C=C/C=C(C)/C=C/c1c(C)cc(OC)c(C)c1C)[C@]1(C)CC[C@@H](C)C2(CC)CCC(=O)C21)[C@H](C)O. The first-order valence-electron chi connectivity index (χ1n) is 18.5. The van der Waals surface area contributed by atoms with E-state index in [9.17, 15) is 19.5 Å². The van der Waals surface area contributed by atoms with E-state index < -0.39 is 41.6 Å². The second-order valence-electron chi connectivity index (χ2n) is 15.7. The third-order valence-corrected chi connectivity index (χ3v) is 12.4. The molecule has 0 heterocycles. The maximum absolute atomic E-state index is 13.6. The van der Waals surface area contributed by atoms with Crippen molar-refractivity contribution in [3.8, 4) is 5.75 Å². The first-order valence-corrected chi connectivity index (χ1v) is 18.5. The van der Waals surface area contributed by atoms with Crippen LogP contribution in [-0.2, 0) is 23.9 Å². The maximum Gasteiger partial charge on any atom is 0.344 e. The lowest BCUT2D eigenvalue weighted by atomic mass is 9.49. The Labute approximate surface area is 306 Å². The summed E-state index contributed by atoms with van der Waals surface area (Å²) in [6.45, 7) is 23.5. The molecule has 3 rings (SSSR count). The summed E-state index contributed by atoms with van der Waals surface area (Å²) in [6.07, 6.45) is 15.6. The summed E-state index contributed by atoms with van der Waals surface area (Å²) in [6, 6.07) is 2.05. The molecule has 0 saturated heterocycles. The molecule has 0 bridgehead atoms. The standard InChI is InChI=1S/C44H62O7/c1-13-42(10,34(9)45)26-38(43(11)22-20-31(6)44(14-2)23-21-36(46)41(43)44)51-40(48)27-50-39(47)24-29(4)17-15-16-28(3)18-19-35-30(5)25-37(49-12)33(8)32(35)7/h13,15-19,24-25,31,34,38,41,45H,1,14,20-23,26-27H2,2-12H3/b17-15+,19-18+,28-16+,29-24+/t31-,34+,38-,41?,42-,43+,44?/m1/s1. The molecule has 51 heavy (non-hydrogen) atoms. The summed E-state index contributed by atoms with van der Waals surface area (Å²) in [4.78, 5) is 39.6. The molecule has 0 aliphatic heterocycles. The van der Waals surface area contributed by atoms with E-state index in [4.69, 9.17) is 14.2 Å². The van der Waals surface area contributed by atoms with Crippen LogP contribution in [0.25, 0.3) is 6.08 Å². The number of Topliss-reactive ketones (excluding diaryl/α,β-unsaturated/α-hetero) is 1. The minimum atomic E-state index is -0.758. The highest BCUT2D eigenvalue weighted by atomic mass is 16.6. The van der Waals surface area contributed by atoms with Crippen LogP contribution in [0.3, 0.4) is 0 Å². The summed E-state index contributed by atoms with van der Waals surface area (Å²) in [5, 5.41) is 10.7. The van der Waals surface area contributed by atoms with Crippen molar-refractivity contribution >= 4 is 23.8 Å². The highest BCUT2D eigenvalue weighted by molar-refractivity contribution is 5.86. The first-order chi connectivity index (χ1) is 23.9. The predicted octanol–water partition coefficient (Wildman–Crippen LogP) is 9.31. The highest BCUT2D eigenvalue weighted by Crippen LogP contribution is 2.64. The van der Waals surface area contributed by atoms with E-state index in [0.717, 1.165) is 53.7 Å². The number of aliphatic hydroxyl groups excluding tert-OH is 1. The number of aryl methyl sites for hydroxylation is 1. The molecule has 2 fully saturated rings. The molecule has 0 radical (unpaired) electrons. The van der Waals surface area contributed by atoms with Gasteiger partial charge in [0.1, 0.15) is 17.6 Å². The van der Waals surface area contributed by atoms with Gasteiger partial charge in [-0.15, -0.1) is 6.58 Å². The van der Waals surface area contributed by atoms with Gasteiger partial charge in [-0.3, -0.25) is 4.79 Å². The Bertz CT molecular complexity index is 1590. The van der Waals surface area contributed by atoms with Crippen LogP contribution in [0.2, 0.25) is 0 Å². The molecule has 2 aliphatic carbocycles. The summed E-state index contributed by atoms with van der Waals surface area (Å²) in [5.41, 5.74) is 4.75. The second kappa shape index (κ2) is 17.2. The van der Waals surface area contributed by atoms with Crippen LogP contribution in [0.1, 0.15) is 109 Å². The van der Waals surface area contributed by atoms with E-state index in [0.29, 0.717) is 24.3 Å². The molecular formula is C44H62O7. The van der Waals surface area contributed by atoms with Crippen LogP contribution < -0.4 is 4.74 Å². The van der Waals surface area contributed by atoms with Crippen LogP contribution >= 0.6 is 0 Å². The van der Waals surface area contributed by atoms with Gasteiger partial charge in [0.15, 0.2) is 6.61 Å². The van der Waals surface area contributed by atoms with Crippen LogP contribution in [0, 0.1) is 48.9 Å². The Morgan fingerprint density at radius 2 is 1.82 bits per heavy atom. The maximum atomic E-state index is 13.6. The zero-order valence-electron chi connectivity index (χ0n) is 33.0. The minimum absolute atomic E-state index is 0.149. The fourth-order valence-corrected chi connectivity index (χ4v) is 8.54. The Kier molecular flexibility index (Phi) is 14.1. The van der Waals surface area contributed by atoms with Crippen molar-refractivity contribution < 1.29 is 33.7 Å². The number of ether oxygens (including phenoxy) is 3. The van der Waals surface area contributed by atoms with Crippen LogP contribution in [0.15, 0.2) is 60.2 Å². The van der Waals surface area contributed by atoms with Crippen molar-refractivity contribution in [3.63, 3.8) is 0 Å². The Morgan fingerprint density at radius 3 is 2.43 bits per heavy atom. The molecule has 2 unspecified atom stereocenters. The number of benzene rings is 1. The van der Waals surface area contributed by atoms with Gasteiger partial charge < -0.3 is 19.3 Å². The number of rotatable bonds is 15. The van der Waals surface area contributed by atoms with Gasteiger partial charge in [-0.1, -0.05) is 69.7 Å². The molecule has 2 saturated carbocycles. The molecule has 2 aliphatic rings. The van der Waals surface area contributed by atoms with Gasteiger partial charge in [0.05, 0.1) is 13.2 Å². The van der Waals surface area contributed by atoms with Gasteiger partial charge in [0.25, 0.3) is 0 Å². The van der Waals surface area contributed by atoms with E-state index in [2.05, 4.69) is 60.3 Å². The topological polar surface area (TPSA) is 99.1 Å². The fraction of sp³-hybridized carbons (Fsp3) is 0.568. The second-order valence-corrected chi connectivity index (χ2v) is 15.7. The summed E-state index contributed by atoms with van der Waals surface area (Å²) in [5.74, 6) is -0.0985. The smallest absolute Gasteiger partial charge is 0.344 e. The predicted molar refractivity (Wildman–Crippen MR) is 205 cm³/mol. The van der Waals surface area contributed by atoms with E-state index in [1.807, 2.05) is 32.1 Å². The number of aliphatic hydroxyl groups is 1. The molecule has 1 aromatic carbocycles. The molecule has 0 aromatic heterocycles. The number of hydrogen-bond acceptors (Lipinski definition) is 7. The molecule has 0 spiro atoms. The zero-order chi connectivity index (χ0) is 38.3. The van der Waals surface area contributed by atoms with Gasteiger partial charge in [-0.2, -0.15) is 0 Å². The summed E-state index contributed by atoms with van der Waals surface area (Å²) < 4.78 is 17.0. The Morgan fingerprint density at radius 1 is 1.14 bits per heavy atom. The number of ketones is 1. The molecule has 7 nitrogen and oxygen atoms in total. The molecular weight excluding hydrogens is 640 g/mol. The zero-order valence-corrected chi connectivity index (χ0v) is 33.0. The monoisotopic (exact) mass is 702 g/mol. The fourth-order valence-electron chi connectivity index (χ4n) is 8.54. The molecule has 0 amide bonds. The quantitative estimate of drug-likeness (QED) is 0.0842. The van der Waals surface area contributed by atoms with E-state index in [1.165, 1.54) is 11.6 Å². The normalized spacial score (nSPS) is 26.5. The van der Waals surface area contributed by atoms with Gasteiger partial charge >= 0.3 is 11.9 Å². The first kappa shape index (κ1) is 41.7. The van der Waals surface area contributed by atoms with Crippen LogP contribution in [0.4, 0.5) is 0 Å². The number of carbonyl (C=O) groups excluding carboxylic acids is 3. The number of methoxy groups -OCH3 is 1. The third-order valence-electron chi connectivity index (χ3n) is 12.4.